The molecule has 2 rings (SSSR count). The van der Waals surface area contributed by atoms with E-state index in [1.807, 2.05) is 0 Å². The molecule has 0 aliphatic heterocycles. The largest absolute Gasteiger partial charge is 0.508 e. The van der Waals surface area contributed by atoms with Gasteiger partial charge >= 0.3 is 0 Å². The quantitative estimate of drug-likeness (QED) is 0.591. The zero-order valence-corrected chi connectivity index (χ0v) is 13.0. The highest BCUT2D eigenvalue weighted by Gasteiger charge is 2.11. The highest BCUT2D eigenvalue weighted by Crippen LogP contribution is 2.23. The second-order valence-electron chi connectivity index (χ2n) is 4.46. The van der Waals surface area contributed by atoms with E-state index in [0.29, 0.717) is 21.3 Å². The molecule has 3 N–H and O–H groups in total. The summed E-state index contributed by atoms with van der Waals surface area (Å²) >= 11 is 11.9. The van der Waals surface area contributed by atoms with Crippen LogP contribution in [0, 0.1) is 0 Å². The monoisotopic (exact) mass is 338 g/mol. The lowest BCUT2D eigenvalue weighted by atomic mass is 10.1. The predicted octanol–water partition coefficient (Wildman–Crippen LogP) is 3.56. The van der Waals surface area contributed by atoms with Gasteiger partial charge in [0, 0.05) is 16.7 Å². The molecular formula is C15H12Cl2N2O3. The summed E-state index contributed by atoms with van der Waals surface area (Å²) in [4.78, 5) is 11.9. The van der Waals surface area contributed by atoms with Crippen molar-refractivity contribution in [2.45, 2.75) is 6.92 Å². The number of amides is 1. The fourth-order valence-corrected chi connectivity index (χ4v) is 2.30. The van der Waals surface area contributed by atoms with E-state index in [0.717, 1.165) is 6.07 Å². The summed E-state index contributed by atoms with van der Waals surface area (Å²) in [5.74, 6) is -1.08. The average molecular weight is 339 g/mol. The van der Waals surface area contributed by atoms with Crippen LogP contribution in [0.25, 0.3) is 0 Å². The highest BCUT2D eigenvalue weighted by molar-refractivity contribution is 6.37. The fraction of sp³-hybridized carbons (Fsp3) is 0.0667. The Morgan fingerprint density at radius 2 is 1.77 bits per heavy atom. The molecule has 2 aromatic rings. The van der Waals surface area contributed by atoms with Gasteiger partial charge in [0.1, 0.15) is 11.5 Å². The molecule has 1 amide bonds. The van der Waals surface area contributed by atoms with Crippen LogP contribution in [0.5, 0.6) is 11.5 Å². The lowest BCUT2D eigenvalue weighted by molar-refractivity contribution is 0.0952. The van der Waals surface area contributed by atoms with Crippen molar-refractivity contribution in [1.82, 2.24) is 5.43 Å². The number of hydrogen-bond donors (Lipinski definition) is 3. The van der Waals surface area contributed by atoms with Crippen LogP contribution in [0.4, 0.5) is 0 Å². The lowest BCUT2D eigenvalue weighted by Gasteiger charge is -2.06. The summed E-state index contributed by atoms with van der Waals surface area (Å²) in [5.41, 5.74) is 3.42. The van der Waals surface area contributed by atoms with E-state index < -0.39 is 5.91 Å². The van der Waals surface area contributed by atoms with Gasteiger partial charge in [-0.1, -0.05) is 29.3 Å². The number of halogens is 2. The first kappa shape index (κ1) is 16.1. The van der Waals surface area contributed by atoms with Gasteiger partial charge < -0.3 is 10.2 Å². The van der Waals surface area contributed by atoms with Crippen LogP contribution < -0.4 is 5.43 Å². The van der Waals surface area contributed by atoms with E-state index in [1.54, 1.807) is 25.1 Å². The van der Waals surface area contributed by atoms with Crippen LogP contribution in [0.2, 0.25) is 10.0 Å². The Bertz CT molecular complexity index is 760. The minimum atomic E-state index is -0.609. The number of aromatic hydroxyl groups is 2. The van der Waals surface area contributed by atoms with Crippen molar-refractivity contribution in [3.05, 3.63) is 57.6 Å². The molecule has 2 aromatic carbocycles. The van der Waals surface area contributed by atoms with Crippen molar-refractivity contribution in [3.63, 3.8) is 0 Å². The molecule has 114 valence electrons. The molecule has 0 bridgehead atoms. The zero-order valence-electron chi connectivity index (χ0n) is 11.5. The molecule has 0 saturated heterocycles. The van der Waals surface area contributed by atoms with Crippen molar-refractivity contribution in [3.8, 4) is 11.5 Å². The molecule has 22 heavy (non-hydrogen) atoms. The number of carbonyl (C=O) groups is 1. The molecule has 0 aromatic heterocycles. The van der Waals surface area contributed by atoms with Crippen LogP contribution in [0.3, 0.4) is 0 Å². The number of benzene rings is 2. The molecule has 7 heteroatoms. The summed E-state index contributed by atoms with van der Waals surface area (Å²) in [5, 5.41) is 23.7. The second-order valence-corrected chi connectivity index (χ2v) is 5.31. The van der Waals surface area contributed by atoms with Gasteiger partial charge in [-0.05, 0) is 31.2 Å². The van der Waals surface area contributed by atoms with Crippen molar-refractivity contribution in [1.29, 1.82) is 0 Å². The van der Waals surface area contributed by atoms with Gasteiger partial charge in [0.05, 0.1) is 16.3 Å². The Kier molecular flexibility index (Phi) is 4.90. The molecule has 0 spiro atoms. The van der Waals surface area contributed by atoms with E-state index >= 15 is 0 Å². The number of hydrazone groups is 1. The molecular weight excluding hydrogens is 327 g/mol. The van der Waals surface area contributed by atoms with Crippen LogP contribution in [-0.2, 0) is 0 Å². The Hall–Kier alpha value is -2.24. The number of nitrogens with one attached hydrogen (secondary N) is 1. The van der Waals surface area contributed by atoms with Gasteiger partial charge in [-0.15, -0.1) is 0 Å². The smallest absolute Gasteiger partial charge is 0.275 e. The maximum absolute atomic E-state index is 11.9. The molecule has 0 unspecified atom stereocenters. The van der Waals surface area contributed by atoms with Gasteiger partial charge in [0.2, 0.25) is 0 Å². The van der Waals surface area contributed by atoms with Crippen molar-refractivity contribution in [2.75, 3.05) is 0 Å². The number of carbonyl (C=O) groups excluding carboxylic acids is 1. The summed E-state index contributed by atoms with van der Waals surface area (Å²) < 4.78 is 0. The summed E-state index contributed by atoms with van der Waals surface area (Å²) in [6.45, 7) is 1.67. The van der Waals surface area contributed by atoms with Crippen molar-refractivity contribution >= 4 is 34.8 Å². The van der Waals surface area contributed by atoms with Crippen molar-refractivity contribution in [2.24, 2.45) is 5.10 Å². The van der Waals surface area contributed by atoms with Crippen LogP contribution in [-0.4, -0.2) is 21.8 Å². The first-order valence-corrected chi connectivity index (χ1v) is 6.96. The number of phenols is 2. The van der Waals surface area contributed by atoms with Crippen LogP contribution in [0.15, 0.2) is 41.5 Å². The number of hydrogen-bond acceptors (Lipinski definition) is 4. The molecule has 0 saturated carbocycles. The Morgan fingerprint density at radius 3 is 2.41 bits per heavy atom. The van der Waals surface area contributed by atoms with Gasteiger partial charge in [0.15, 0.2) is 0 Å². The van der Waals surface area contributed by atoms with E-state index in [2.05, 4.69) is 10.5 Å². The summed E-state index contributed by atoms with van der Waals surface area (Å²) in [6, 6.07) is 8.58. The van der Waals surface area contributed by atoms with Crippen LogP contribution in [0.1, 0.15) is 22.8 Å². The fourth-order valence-electron chi connectivity index (χ4n) is 1.75. The molecule has 0 fully saturated rings. The number of nitrogens with zero attached hydrogens (tertiary/aromatic N) is 1. The lowest BCUT2D eigenvalue weighted by Crippen LogP contribution is -2.19. The predicted molar refractivity (Wildman–Crippen MR) is 85.9 cm³/mol. The van der Waals surface area contributed by atoms with Gasteiger partial charge in [-0.3, -0.25) is 4.79 Å². The molecule has 0 radical (unpaired) electrons. The molecule has 0 atom stereocenters. The second kappa shape index (κ2) is 6.68. The van der Waals surface area contributed by atoms with E-state index in [9.17, 15) is 15.0 Å². The van der Waals surface area contributed by atoms with Crippen LogP contribution >= 0.6 is 23.2 Å². The third-order valence-electron chi connectivity index (χ3n) is 2.87. The third-order valence-corrected chi connectivity index (χ3v) is 3.42. The maximum atomic E-state index is 11.9. The van der Waals surface area contributed by atoms with E-state index in [4.69, 9.17) is 23.2 Å². The topological polar surface area (TPSA) is 81.9 Å². The molecule has 0 aliphatic rings. The Labute approximate surface area is 136 Å². The maximum Gasteiger partial charge on any atom is 0.275 e. The number of phenolic OH excluding ortho intramolecular Hbond substituents is 2. The SMILES string of the molecule is C/C(=N/NC(=O)c1ccc(O)cc1O)c1ccc(Cl)cc1Cl. The zero-order chi connectivity index (χ0) is 16.3. The first-order chi connectivity index (χ1) is 10.4. The molecule has 0 heterocycles. The standard InChI is InChI=1S/C15H12Cl2N2O3/c1-8(11-4-2-9(16)6-13(11)17)18-19-15(22)12-5-3-10(20)7-14(12)21/h2-7,20-21H,1H3,(H,19,22)/b18-8-. The average Bonchev–Trinajstić information content (AvgIpc) is 2.44. The minimum Gasteiger partial charge on any atom is -0.508 e. The van der Waals surface area contributed by atoms with Crippen molar-refractivity contribution < 1.29 is 15.0 Å². The first-order valence-electron chi connectivity index (χ1n) is 6.20. The molecule has 0 aliphatic carbocycles. The molecule has 5 nitrogen and oxygen atoms in total. The number of rotatable bonds is 3. The normalized spacial score (nSPS) is 11.3. The minimum absolute atomic E-state index is 0.00319. The van der Waals surface area contributed by atoms with E-state index in [1.165, 1.54) is 12.1 Å². The third kappa shape index (κ3) is 3.69. The van der Waals surface area contributed by atoms with E-state index in [-0.39, 0.29) is 17.1 Å². The summed E-state index contributed by atoms with van der Waals surface area (Å²) in [7, 11) is 0. The van der Waals surface area contributed by atoms with Gasteiger partial charge in [-0.25, -0.2) is 5.43 Å². The Balaban J connectivity index is 2.18. The highest BCUT2D eigenvalue weighted by atomic mass is 35.5. The Morgan fingerprint density at radius 1 is 1.09 bits per heavy atom. The summed E-state index contributed by atoms with van der Waals surface area (Å²) in [6.07, 6.45) is 0. The van der Waals surface area contributed by atoms with Gasteiger partial charge in [0.25, 0.3) is 5.91 Å². The van der Waals surface area contributed by atoms with Gasteiger partial charge in [-0.2, -0.15) is 5.10 Å².